The van der Waals surface area contributed by atoms with Crippen molar-refractivity contribution < 1.29 is 19.1 Å². The standard InChI is InChI=1S/C23H27N3O4/c1-4-30-19-11-6-5-10-18(19)26-14-17(12-21(26)28)23(29)24-13-20(27)25-22-15(2)8-7-9-16(22)3/h5-11,17H,4,12-14H2,1-3H3,(H,24,29)(H,25,27). The molecule has 7 heteroatoms. The van der Waals surface area contributed by atoms with Crippen LogP contribution in [0, 0.1) is 19.8 Å². The second kappa shape index (κ2) is 9.43. The second-order valence-corrected chi connectivity index (χ2v) is 7.34. The molecule has 1 aliphatic heterocycles. The molecule has 1 aliphatic rings. The summed E-state index contributed by atoms with van der Waals surface area (Å²) in [4.78, 5) is 38.9. The highest BCUT2D eigenvalue weighted by molar-refractivity contribution is 6.02. The van der Waals surface area contributed by atoms with E-state index in [9.17, 15) is 14.4 Å². The topological polar surface area (TPSA) is 87.7 Å². The van der Waals surface area contributed by atoms with Gasteiger partial charge in [-0.1, -0.05) is 30.3 Å². The number of para-hydroxylation sites is 3. The van der Waals surface area contributed by atoms with E-state index in [4.69, 9.17) is 4.74 Å². The van der Waals surface area contributed by atoms with Gasteiger partial charge in [0.15, 0.2) is 0 Å². The Hall–Kier alpha value is -3.35. The molecule has 0 radical (unpaired) electrons. The molecule has 7 nitrogen and oxygen atoms in total. The minimum atomic E-state index is -0.514. The monoisotopic (exact) mass is 409 g/mol. The molecule has 1 unspecified atom stereocenters. The fourth-order valence-corrected chi connectivity index (χ4v) is 3.58. The van der Waals surface area contributed by atoms with Gasteiger partial charge in [0, 0.05) is 18.7 Å². The van der Waals surface area contributed by atoms with Crippen molar-refractivity contribution in [1.29, 1.82) is 0 Å². The molecule has 0 bridgehead atoms. The van der Waals surface area contributed by atoms with Crippen LogP contribution >= 0.6 is 0 Å². The van der Waals surface area contributed by atoms with Crippen molar-refractivity contribution >= 4 is 29.1 Å². The van der Waals surface area contributed by atoms with E-state index in [1.807, 2.05) is 51.1 Å². The summed E-state index contributed by atoms with van der Waals surface area (Å²) in [5, 5.41) is 5.50. The first kappa shape index (κ1) is 21.4. The zero-order chi connectivity index (χ0) is 21.7. The van der Waals surface area contributed by atoms with Crippen LogP contribution in [0.2, 0.25) is 0 Å². The van der Waals surface area contributed by atoms with E-state index in [2.05, 4.69) is 10.6 Å². The lowest BCUT2D eigenvalue weighted by Crippen LogP contribution is -2.38. The Bertz CT molecular complexity index is 937. The Balaban J connectivity index is 1.58. The maximum Gasteiger partial charge on any atom is 0.243 e. The number of anilines is 2. The fraction of sp³-hybridized carbons (Fsp3) is 0.348. The van der Waals surface area contributed by atoms with Gasteiger partial charge in [-0.05, 0) is 44.0 Å². The van der Waals surface area contributed by atoms with Crippen molar-refractivity contribution in [2.45, 2.75) is 27.2 Å². The minimum absolute atomic E-state index is 0.102. The Labute approximate surface area is 176 Å². The lowest BCUT2D eigenvalue weighted by atomic mass is 10.1. The van der Waals surface area contributed by atoms with Crippen LogP contribution in [0.5, 0.6) is 5.75 Å². The van der Waals surface area contributed by atoms with Crippen LogP contribution in [0.3, 0.4) is 0 Å². The van der Waals surface area contributed by atoms with Gasteiger partial charge in [0.05, 0.1) is 24.8 Å². The molecule has 1 fully saturated rings. The average molecular weight is 409 g/mol. The predicted octanol–water partition coefficient (Wildman–Crippen LogP) is 2.81. The summed E-state index contributed by atoms with van der Waals surface area (Å²) >= 11 is 0. The van der Waals surface area contributed by atoms with Gasteiger partial charge in [-0.15, -0.1) is 0 Å². The number of benzene rings is 2. The maximum absolute atomic E-state index is 12.6. The number of amides is 3. The van der Waals surface area contributed by atoms with Crippen LogP contribution in [-0.4, -0.2) is 37.4 Å². The Morgan fingerprint density at radius 1 is 1.10 bits per heavy atom. The van der Waals surface area contributed by atoms with Crippen LogP contribution in [0.25, 0.3) is 0 Å². The molecule has 3 amide bonds. The fourth-order valence-electron chi connectivity index (χ4n) is 3.58. The summed E-state index contributed by atoms with van der Waals surface area (Å²) in [5.74, 6) is -0.648. The molecule has 0 aliphatic carbocycles. The summed E-state index contributed by atoms with van der Waals surface area (Å²) in [7, 11) is 0. The molecule has 1 saturated heterocycles. The van der Waals surface area contributed by atoms with Gasteiger partial charge >= 0.3 is 0 Å². The number of hydrogen-bond acceptors (Lipinski definition) is 4. The van der Waals surface area contributed by atoms with E-state index in [1.165, 1.54) is 0 Å². The first-order valence-electron chi connectivity index (χ1n) is 10.1. The first-order chi connectivity index (χ1) is 14.4. The van der Waals surface area contributed by atoms with Crippen molar-refractivity contribution in [2.75, 3.05) is 29.9 Å². The third kappa shape index (κ3) is 4.79. The Morgan fingerprint density at radius 3 is 2.50 bits per heavy atom. The molecule has 0 spiro atoms. The van der Waals surface area contributed by atoms with Gasteiger partial charge in [0.25, 0.3) is 0 Å². The lowest BCUT2D eigenvalue weighted by Gasteiger charge is -2.20. The molecule has 2 aromatic carbocycles. The summed E-state index contributed by atoms with van der Waals surface area (Å²) in [6, 6.07) is 13.0. The summed E-state index contributed by atoms with van der Waals surface area (Å²) in [5.41, 5.74) is 3.33. The number of rotatable bonds is 7. The summed E-state index contributed by atoms with van der Waals surface area (Å²) in [6.07, 6.45) is 0.102. The van der Waals surface area contributed by atoms with E-state index in [1.54, 1.807) is 17.0 Å². The molecule has 2 N–H and O–H groups in total. The van der Waals surface area contributed by atoms with Crippen LogP contribution < -0.4 is 20.3 Å². The zero-order valence-electron chi connectivity index (χ0n) is 17.5. The molecule has 30 heavy (non-hydrogen) atoms. The molecule has 1 atom stereocenters. The van der Waals surface area contributed by atoms with Crippen LogP contribution in [0.1, 0.15) is 24.5 Å². The number of nitrogens with one attached hydrogen (secondary N) is 2. The van der Waals surface area contributed by atoms with Crippen molar-refractivity contribution in [3.05, 3.63) is 53.6 Å². The summed E-state index contributed by atoms with van der Waals surface area (Å²) in [6.45, 7) is 6.31. The molecule has 1 heterocycles. The van der Waals surface area contributed by atoms with Crippen molar-refractivity contribution in [3.63, 3.8) is 0 Å². The van der Waals surface area contributed by atoms with Crippen molar-refractivity contribution in [1.82, 2.24) is 5.32 Å². The highest BCUT2D eigenvalue weighted by atomic mass is 16.5. The highest BCUT2D eigenvalue weighted by Gasteiger charge is 2.36. The van der Waals surface area contributed by atoms with E-state index in [0.717, 1.165) is 16.8 Å². The minimum Gasteiger partial charge on any atom is -0.492 e. The van der Waals surface area contributed by atoms with Gasteiger partial charge in [0.1, 0.15) is 5.75 Å². The normalized spacial score (nSPS) is 15.8. The van der Waals surface area contributed by atoms with Gasteiger partial charge < -0.3 is 20.3 Å². The molecule has 158 valence electrons. The van der Waals surface area contributed by atoms with Gasteiger partial charge in [-0.3, -0.25) is 14.4 Å². The van der Waals surface area contributed by atoms with E-state index < -0.39 is 5.92 Å². The number of ether oxygens (including phenoxy) is 1. The Morgan fingerprint density at radius 2 is 1.80 bits per heavy atom. The molecular formula is C23H27N3O4. The maximum atomic E-state index is 12.6. The molecule has 0 saturated carbocycles. The SMILES string of the molecule is CCOc1ccccc1N1CC(C(=O)NCC(=O)Nc2c(C)cccc2C)CC1=O. The highest BCUT2D eigenvalue weighted by Crippen LogP contribution is 2.33. The first-order valence-corrected chi connectivity index (χ1v) is 10.1. The third-order valence-corrected chi connectivity index (χ3v) is 5.12. The Kier molecular flexibility index (Phi) is 6.72. The average Bonchev–Trinajstić information content (AvgIpc) is 3.11. The van der Waals surface area contributed by atoms with E-state index in [0.29, 0.717) is 18.0 Å². The molecule has 0 aromatic heterocycles. The molecule has 2 aromatic rings. The van der Waals surface area contributed by atoms with Crippen LogP contribution in [0.15, 0.2) is 42.5 Å². The zero-order valence-corrected chi connectivity index (χ0v) is 17.5. The summed E-state index contributed by atoms with van der Waals surface area (Å²) < 4.78 is 5.60. The number of nitrogens with zero attached hydrogens (tertiary/aromatic N) is 1. The van der Waals surface area contributed by atoms with E-state index >= 15 is 0 Å². The third-order valence-electron chi connectivity index (χ3n) is 5.12. The van der Waals surface area contributed by atoms with Crippen LogP contribution in [0.4, 0.5) is 11.4 Å². The number of carbonyl (C=O) groups is 3. The van der Waals surface area contributed by atoms with Crippen molar-refractivity contribution in [3.8, 4) is 5.75 Å². The lowest BCUT2D eigenvalue weighted by molar-refractivity contribution is -0.127. The van der Waals surface area contributed by atoms with Gasteiger partial charge in [-0.25, -0.2) is 0 Å². The molecular weight excluding hydrogens is 382 g/mol. The molecule has 3 rings (SSSR count). The largest absolute Gasteiger partial charge is 0.492 e. The second-order valence-electron chi connectivity index (χ2n) is 7.34. The number of carbonyl (C=O) groups excluding carboxylic acids is 3. The predicted molar refractivity (Wildman–Crippen MR) is 116 cm³/mol. The number of hydrogen-bond donors (Lipinski definition) is 2. The quantitative estimate of drug-likeness (QED) is 0.736. The number of aryl methyl sites for hydroxylation is 2. The van der Waals surface area contributed by atoms with Gasteiger partial charge in [0.2, 0.25) is 17.7 Å². The van der Waals surface area contributed by atoms with Crippen LogP contribution in [-0.2, 0) is 14.4 Å². The smallest absolute Gasteiger partial charge is 0.243 e. The van der Waals surface area contributed by atoms with Gasteiger partial charge in [-0.2, -0.15) is 0 Å². The van der Waals surface area contributed by atoms with Crippen molar-refractivity contribution in [2.24, 2.45) is 5.92 Å². The van der Waals surface area contributed by atoms with E-state index in [-0.39, 0.29) is 37.2 Å².